The number of nitrogens with zero attached hydrogens (tertiary/aromatic N) is 1. The number of hydrogen-bond acceptors (Lipinski definition) is 3. The monoisotopic (exact) mass is 268 g/mol. The zero-order valence-electron chi connectivity index (χ0n) is 10.9. The lowest BCUT2D eigenvalue weighted by Crippen LogP contribution is -2.47. The highest BCUT2D eigenvalue weighted by atomic mass is 19.4. The Balaban J connectivity index is 2.24. The summed E-state index contributed by atoms with van der Waals surface area (Å²) >= 11 is 0. The third-order valence-corrected chi connectivity index (χ3v) is 3.58. The average molecular weight is 268 g/mol. The van der Waals surface area contributed by atoms with Gasteiger partial charge in [0.15, 0.2) is 0 Å². The fourth-order valence-corrected chi connectivity index (χ4v) is 2.46. The number of alkyl halides is 3. The van der Waals surface area contributed by atoms with E-state index in [1.165, 1.54) is 0 Å². The van der Waals surface area contributed by atoms with Gasteiger partial charge in [0.25, 0.3) is 0 Å². The largest absolute Gasteiger partial charge is 0.411 e. The van der Waals surface area contributed by atoms with Crippen LogP contribution in [0.3, 0.4) is 0 Å². The highest BCUT2D eigenvalue weighted by Crippen LogP contribution is 2.24. The summed E-state index contributed by atoms with van der Waals surface area (Å²) in [5, 5.41) is 0. The minimum atomic E-state index is -4.23. The fourth-order valence-electron chi connectivity index (χ4n) is 2.46. The van der Waals surface area contributed by atoms with E-state index in [4.69, 9.17) is 5.73 Å². The SMILES string of the molecule is CCC1CCN(CCOCC(F)(F)F)C(CN)C1. The van der Waals surface area contributed by atoms with Gasteiger partial charge in [0, 0.05) is 19.1 Å². The van der Waals surface area contributed by atoms with Crippen molar-refractivity contribution in [1.29, 1.82) is 0 Å². The van der Waals surface area contributed by atoms with Crippen molar-refractivity contribution in [2.24, 2.45) is 11.7 Å². The van der Waals surface area contributed by atoms with E-state index in [9.17, 15) is 13.2 Å². The Bertz CT molecular complexity index is 236. The van der Waals surface area contributed by atoms with Gasteiger partial charge in [-0.1, -0.05) is 13.3 Å². The van der Waals surface area contributed by atoms with Gasteiger partial charge in [0.05, 0.1) is 6.61 Å². The Kier molecular flexibility index (Phi) is 6.38. The van der Waals surface area contributed by atoms with Crippen molar-refractivity contribution in [2.45, 2.75) is 38.4 Å². The summed E-state index contributed by atoms with van der Waals surface area (Å²) in [7, 11) is 0. The van der Waals surface area contributed by atoms with E-state index < -0.39 is 12.8 Å². The third kappa shape index (κ3) is 5.54. The van der Waals surface area contributed by atoms with Crippen molar-refractivity contribution in [3.05, 3.63) is 0 Å². The van der Waals surface area contributed by atoms with Gasteiger partial charge >= 0.3 is 6.18 Å². The predicted molar refractivity (Wildman–Crippen MR) is 64.3 cm³/mol. The topological polar surface area (TPSA) is 38.5 Å². The van der Waals surface area contributed by atoms with Crippen LogP contribution < -0.4 is 5.73 Å². The molecule has 0 radical (unpaired) electrons. The van der Waals surface area contributed by atoms with E-state index in [0.29, 0.717) is 19.0 Å². The molecule has 0 aromatic carbocycles. The zero-order chi connectivity index (χ0) is 13.6. The van der Waals surface area contributed by atoms with Gasteiger partial charge in [-0.05, 0) is 25.3 Å². The molecule has 108 valence electrons. The number of piperidine rings is 1. The first-order chi connectivity index (χ1) is 8.46. The van der Waals surface area contributed by atoms with Crippen molar-refractivity contribution in [3.8, 4) is 0 Å². The number of halogens is 3. The minimum absolute atomic E-state index is 0.118. The number of likely N-dealkylation sites (tertiary alicyclic amines) is 1. The summed E-state index contributed by atoms with van der Waals surface area (Å²) in [5.74, 6) is 0.700. The van der Waals surface area contributed by atoms with Crippen LogP contribution in [0.25, 0.3) is 0 Å². The molecule has 1 aliphatic heterocycles. The summed E-state index contributed by atoms with van der Waals surface area (Å²) in [5.41, 5.74) is 5.72. The Labute approximate surface area is 106 Å². The van der Waals surface area contributed by atoms with Crippen LogP contribution in [0.2, 0.25) is 0 Å². The first-order valence-corrected chi connectivity index (χ1v) is 6.55. The summed E-state index contributed by atoms with van der Waals surface area (Å²) < 4.78 is 40.3. The van der Waals surface area contributed by atoms with Crippen LogP contribution >= 0.6 is 0 Å². The van der Waals surface area contributed by atoms with E-state index >= 15 is 0 Å². The lowest BCUT2D eigenvalue weighted by Gasteiger charge is -2.38. The molecule has 18 heavy (non-hydrogen) atoms. The number of rotatable bonds is 6. The molecule has 0 spiro atoms. The molecular weight excluding hydrogens is 245 g/mol. The number of ether oxygens (including phenoxy) is 1. The molecule has 0 saturated carbocycles. The van der Waals surface area contributed by atoms with E-state index in [1.807, 2.05) is 0 Å². The number of nitrogens with two attached hydrogens (primary N) is 1. The molecule has 1 rings (SSSR count). The molecule has 0 aromatic heterocycles. The van der Waals surface area contributed by atoms with Crippen molar-refractivity contribution in [2.75, 3.05) is 32.8 Å². The molecule has 6 heteroatoms. The molecule has 0 aromatic rings. The van der Waals surface area contributed by atoms with Gasteiger partial charge in [-0.15, -0.1) is 0 Å². The average Bonchev–Trinajstić information content (AvgIpc) is 2.33. The molecule has 1 heterocycles. The Hall–Kier alpha value is -0.330. The van der Waals surface area contributed by atoms with Crippen LogP contribution in [0.15, 0.2) is 0 Å². The van der Waals surface area contributed by atoms with Crippen molar-refractivity contribution >= 4 is 0 Å². The van der Waals surface area contributed by atoms with E-state index in [1.54, 1.807) is 0 Å². The Morgan fingerprint density at radius 1 is 1.39 bits per heavy atom. The standard InChI is InChI=1S/C12H23F3N2O/c1-2-10-3-4-17(11(7-10)8-16)5-6-18-9-12(13,14)15/h10-11H,2-9,16H2,1H3. The second-order valence-corrected chi connectivity index (χ2v) is 4.89. The van der Waals surface area contributed by atoms with Gasteiger partial charge in [0.1, 0.15) is 6.61 Å². The van der Waals surface area contributed by atoms with E-state index in [-0.39, 0.29) is 12.6 Å². The molecule has 1 fully saturated rings. The van der Waals surface area contributed by atoms with Crippen molar-refractivity contribution < 1.29 is 17.9 Å². The summed E-state index contributed by atoms with van der Waals surface area (Å²) in [4.78, 5) is 2.16. The minimum Gasteiger partial charge on any atom is -0.371 e. The second-order valence-electron chi connectivity index (χ2n) is 4.89. The highest BCUT2D eigenvalue weighted by molar-refractivity contribution is 4.81. The smallest absolute Gasteiger partial charge is 0.371 e. The maximum atomic E-state index is 11.9. The lowest BCUT2D eigenvalue weighted by atomic mass is 9.89. The van der Waals surface area contributed by atoms with Gasteiger partial charge < -0.3 is 10.5 Å². The van der Waals surface area contributed by atoms with Crippen LogP contribution in [0.1, 0.15) is 26.2 Å². The van der Waals surface area contributed by atoms with E-state index in [0.717, 1.165) is 25.8 Å². The van der Waals surface area contributed by atoms with Crippen LogP contribution in [0, 0.1) is 5.92 Å². The van der Waals surface area contributed by atoms with Gasteiger partial charge in [-0.25, -0.2) is 0 Å². The van der Waals surface area contributed by atoms with Crippen molar-refractivity contribution in [1.82, 2.24) is 4.90 Å². The first-order valence-electron chi connectivity index (χ1n) is 6.55. The molecule has 3 nitrogen and oxygen atoms in total. The van der Waals surface area contributed by atoms with Gasteiger partial charge in [-0.2, -0.15) is 13.2 Å². The highest BCUT2D eigenvalue weighted by Gasteiger charge is 2.29. The summed E-state index contributed by atoms with van der Waals surface area (Å²) in [6.45, 7) is 3.14. The molecular formula is C12H23F3N2O. The van der Waals surface area contributed by atoms with Crippen LogP contribution in [-0.4, -0.2) is 50.0 Å². The predicted octanol–water partition coefficient (Wildman–Crippen LogP) is 2.01. The molecule has 2 unspecified atom stereocenters. The van der Waals surface area contributed by atoms with Crippen LogP contribution in [0.5, 0.6) is 0 Å². The molecule has 1 saturated heterocycles. The Morgan fingerprint density at radius 2 is 2.11 bits per heavy atom. The van der Waals surface area contributed by atoms with Crippen molar-refractivity contribution in [3.63, 3.8) is 0 Å². The van der Waals surface area contributed by atoms with Crippen LogP contribution in [0.4, 0.5) is 13.2 Å². The molecule has 1 aliphatic rings. The van der Waals surface area contributed by atoms with Gasteiger partial charge in [-0.3, -0.25) is 4.90 Å². The molecule has 2 atom stereocenters. The molecule has 2 N–H and O–H groups in total. The fraction of sp³-hybridized carbons (Fsp3) is 1.00. The third-order valence-electron chi connectivity index (χ3n) is 3.58. The second kappa shape index (κ2) is 7.31. The summed E-state index contributed by atoms with van der Waals surface area (Å²) in [6, 6.07) is 0.290. The molecule has 0 aliphatic carbocycles. The normalized spacial score (nSPS) is 26.5. The first kappa shape index (κ1) is 15.7. The lowest BCUT2D eigenvalue weighted by molar-refractivity contribution is -0.175. The van der Waals surface area contributed by atoms with Crippen LogP contribution in [-0.2, 0) is 4.74 Å². The maximum Gasteiger partial charge on any atom is 0.411 e. The maximum absolute atomic E-state index is 11.9. The molecule has 0 amide bonds. The Morgan fingerprint density at radius 3 is 2.67 bits per heavy atom. The molecule has 0 bridgehead atoms. The quantitative estimate of drug-likeness (QED) is 0.749. The van der Waals surface area contributed by atoms with E-state index in [2.05, 4.69) is 16.6 Å². The van der Waals surface area contributed by atoms with Gasteiger partial charge in [0.2, 0.25) is 0 Å². The summed E-state index contributed by atoms with van der Waals surface area (Å²) in [6.07, 6.45) is -0.935. The zero-order valence-corrected chi connectivity index (χ0v) is 10.9. The number of hydrogen-bond donors (Lipinski definition) is 1.